The first-order chi connectivity index (χ1) is 20.4. The van der Waals surface area contributed by atoms with Gasteiger partial charge in [-0.25, -0.2) is 0 Å². The molecule has 4 aliphatic carbocycles. The molecule has 0 amide bonds. The molecule has 0 spiro atoms. The smallest absolute Gasteiger partial charge is 0.306 e. The monoisotopic (exact) mass is 926 g/mol. The molecule has 4 aliphatic rings. The van der Waals surface area contributed by atoms with Crippen LogP contribution >= 0.6 is 67.8 Å². The summed E-state index contributed by atoms with van der Waals surface area (Å²) >= 11 is 6.98. The van der Waals surface area contributed by atoms with Gasteiger partial charge in [-0.05, 0) is 178 Å². The Kier molecular flexibility index (Phi) is 11.9. The molecule has 0 aromatic heterocycles. The topological polar surface area (TPSA) is 35.5 Å². The third kappa shape index (κ3) is 7.61. The van der Waals surface area contributed by atoms with E-state index in [4.69, 9.17) is 9.47 Å². The van der Waals surface area contributed by atoms with E-state index >= 15 is 0 Å². The molecule has 6 heteroatoms. The predicted molar refractivity (Wildman–Crippen MR) is 202 cm³/mol. The van der Waals surface area contributed by atoms with E-state index in [2.05, 4.69) is 121 Å². The van der Waals surface area contributed by atoms with Crippen LogP contribution in [0.5, 0.6) is 5.75 Å². The Labute approximate surface area is 302 Å². The first-order valence-corrected chi connectivity index (χ1v) is 20.3. The average Bonchev–Trinajstić information content (AvgIpc) is 3.29. The minimum atomic E-state index is -0.0635. The van der Waals surface area contributed by atoms with E-state index < -0.39 is 0 Å². The SMILES string of the molecule is CC(C)CCC[C@@H](C)[C@H]1CCC2C3CC=C4C[C@@H](OC(=O)CCCOc5c(I)cc(I)cc5I)CC[C@]4(C)C3CC[C@@]21C. The molecule has 3 nitrogen and oxygen atoms in total. The molecule has 1 aromatic carbocycles. The number of benzene rings is 1. The number of esters is 1. The number of carbonyl (C=O) groups excluding carboxylic acids is 1. The molecule has 3 saturated carbocycles. The number of rotatable bonds is 11. The van der Waals surface area contributed by atoms with Crippen LogP contribution in [0.1, 0.15) is 118 Å². The van der Waals surface area contributed by atoms with Crippen LogP contribution in [0.15, 0.2) is 23.8 Å². The molecule has 8 atom stereocenters. The summed E-state index contributed by atoms with van der Waals surface area (Å²) in [6, 6.07) is 4.25. The van der Waals surface area contributed by atoms with Gasteiger partial charge >= 0.3 is 5.97 Å². The highest BCUT2D eigenvalue weighted by Gasteiger charge is 2.59. The highest BCUT2D eigenvalue weighted by atomic mass is 127. The molecule has 43 heavy (non-hydrogen) atoms. The second kappa shape index (κ2) is 14.7. The van der Waals surface area contributed by atoms with Gasteiger partial charge in [0.15, 0.2) is 0 Å². The molecule has 3 unspecified atom stereocenters. The maximum Gasteiger partial charge on any atom is 0.306 e. The fraction of sp³-hybridized carbons (Fsp3) is 0.757. The van der Waals surface area contributed by atoms with Crippen molar-refractivity contribution in [2.75, 3.05) is 6.61 Å². The Bertz CT molecular complexity index is 1160. The number of hydrogen-bond acceptors (Lipinski definition) is 3. The first kappa shape index (κ1) is 34.7. The van der Waals surface area contributed by atoms with Gasteiger partial charge < -0.3 is 9.47 Å². The average molecular weight is 927 g/mol. The van der Waals surface area contributed by atoms with E-state index in [0.717, 1.165) is 61.2 Å². The Morgan fingerprint density at radius 2 is 1.70 bits per heavy atom. The van der Waals surface area contributed by atoms with E-state index in [-0.39, 0.29) is 12.1 Å². The zero-order chi connectivity index (χ0) is 30.9. The van der Waals surface area contributed by atoms with Crippen molar-refractivity contribution in [1.82, 2.24) is 0 Å². The van der Waals surface area contributed by atoms with Gasteiger partial charge in [0.2, 0.25) is 0 Å². The summed E-state index contributed by atoms with van der Waals surface area (Å²) in [7, 11) is 0. The number of allylic oxidation sites excluding steroid dienone is 1. The molecule has 240 valence electrons. The number of hydrogen-bond donors (Lipinski definition) is 0. The second-order valence-corrected chi connectivity index (χ2v) is 18.9. The lowest BCUT2D eigenvalue weighted by Gasteiger charge is -2.58. The molecule has 0 bridgehead atoms. The van der Waals surface area contributed by atoms with Crippen LogP contribution in [0.25, 0.3) is 0 Å². The lowest BCUT2D eigenvalue weighted by molar-refractivity contribution is -0.151. The van der Waals surface area contributed by atoms with Crippen molar-refractivity contribution in [3.05, 3.63) is 34.5 Å². The van der Waals surface area contributed by atoms with Gasteiger partial charge in [-0.15, -0.1) is 0 Å². The Morgan fingerprint density at radius 3 is 2.42 bits per heavy atom. The van der Waals surface area contributed by atoms with Gasteiger partial charge in [0.1, 0.15) is 11.9 Å². The van der Waals surface area contributed by atoms with Crippen molar-refractivity contribution in [3.63, 3.8) is 0 Å². The molecule has 0 saturated heterocycles. The van der Waals surface area contributed by atoms with E-state index in [0.29, 0.717) is 30.3 Å². The summed E-state index contributed by atoms with van der Waals surface area (Å²) in [5.74, 6) is 6.01. The van der Waals surface area contributed by atoms with Gasteiger partial charge in [-0.3, -0.25) is 4.79 Å². The molecule has 0 aliphatic heterocycles. The second-order valence-electron chi connectivity index (χ2n) is 15.3. The van der Waals surface area contributed by atoms with Crippen LogP contribution < -0.4 is 4.74 Å². The standard InChI is InChI=1S/C37H53I3O3/c1-23(2)8-6-9-24(3)29-13-14-30-28-12-11-25-20-27(15-17-36(25,4)31(28)16-18-37(29,30)5)43-34(41)10-7-19-42-35-32(39)21-26(38)22-33(35)40/h11,21-24,27-31H,6-10,12-20H2,1-5H3/t24-,27+,28?,29-,30?,31?,36+,37-/m1/s1. The van der Waals surface area contributed by atoms with Crippen molar-refractivity contribution in [3.8, 4) is 5.75 Å². The number of fused-ring (bicyclic) bond motifs is 5. The van der Waals surface area contributed by atoms with E-state index in [9.17, 15) is 4.79 Å². The van der Waals surface area contributed by atoms with Crippen LogP contribution in [0.4, 0.5) is 0 Å². The molecule has 0 N–H and O–H groups in total. The summed E-state index contributed by atoms with van der Waals surface area (Å²) in [4.78, 5) is 12.8. The zero-order valence-electron chi connectivity index (χ0n) is 27.0. The molecule has 1 aromatic rings. The van der Waals surface area contributed by atoms with Crippen molar-refractivity contribution >= 4 is 73.7 Å². The summed E-state index contributed by atoms with van der Waals surface area (Å²) in [6.45, 7) is 13.1. The third-order valence-corrected chi connectivity index (χ3v) is 14.5. The van der Waals surface area contributed by atoms with Gasteiger partial charge in [-0.2, -0.15) is 0 Å². The van der Waals surface area contributed by atoms with Gasteiger partial charge in [0, 0.05) is 16.4 Å². The fourth-order valence-corrected chi connectivity index (χ4v) is 13.9. The first-order valence-electron chi connectivity index (χ1n) is 17.1. The van der Waals surface area contributed by atoms with Crippen molar-refractivity contribution in [1.29, 1.82) is 0 Å². The van der Waals surface area contributed by atoms with Crippen LogP contribution in [-0.4, -0.2) is 18.7 Å². The van der Waals surface area contributed by atoms with Gasteiger partial charge in [0.05, 0.1) is 13.7 Å². The highest BCUT2D eigenvalue weighted by Crippen LogP contribution is 2.67. The van der Waals surface area contributed by atoms with Gasteiger partial charge in [-0.1, -0.05) is 65.5 Å². The largest absolute Gasteiger partial charge is 0.491 e. The lowest BCUT2D eigenvalue weighted by atomic mass is 9.47. The maximum absolute atomic E-state index is 12.8. The number of carbonyl (C=O) groups is 1. The van der Waals surface area contributed by atoms with Crippen LogP contribution in [0.2, 0.25) is 0 Å². The molecule has 5 rings (SSSR count). The van der Waals surface area contributed by atoms with Crippen LogP contribution in [-0.2, 0) is 9.53 Å². The zero-order valence-corrected chi connectivity index (χ0v) is 33.5. The minimum Gasteiger partial charge on any atom is -0.491 e. The molecule has 0 radical (unpaired) electrons. The number of ether oxygens (including phenoxy) is 2. The summed E-state index contributed by atoms with van der Waals surface area (Å²) in [6.07, 6.45) is 18.0. The molecular formula is C37H53I3O3. The van der Waals surface area contributed by atoms with Crippen molar-refractivity contribution < 1.29 is 14.3 Å². The van der Waals surface area contributed by atoms with Gasteiger partial charge in [0.25, 0.3) is 0 Å². The normalized spacial score (nSPS) is 34.2. The summed E-state index contributed by atoms with van der Waals surface area (Å²) in [5, 5.41) is 0. The Balaban J connectivity index is 1.13. The lowest BCUT2D eigenvalue weighted by Crippen LogP contribution is -2.51. The highest BCUT2D eigenvalue weighted by molar-refractivity contribution is 14.1. The number of halogens is 3. The quantitative estimate of drug-likeness (QED) is 0.0960. The summed E-state index contributed by atoms with van der Waals surface area (Å²) in [5.41, 5.74) is 2.43. The van der Waals surface area contributed by atoms with Crippen molar-refractivity contribution in [2.24, 2.45) is 46.3 Å². The molecule has 3 fully saturated rings. The van der Waals surface area contributed by atoms with E-state index in [1.165, 1.54) is 61.4 Å². The maximum atomic E-state index is 12.8. The van der Waals surface area contributed by atoms with Crippen molar-refractivity contribution in [2.45, 2.75) is 124 Å². The minimum absolute atomic E-state index is 0.0406. The summed E-state index contributed by atoms with van der Waals surface area (Å²) < 4.78 is 15.6. The fourth-order valence-electron chi connectivity index (χ4n) is 10.1. The van der Waals surface area contributed by atoms with Crippen LogP contribution in [0.3, 0.4) is 0 Å². The predicted octanol–water partition coefficient (Wildman–Crippen LogP) is 11.6. The molecular weight excluding hydrogens is 873 g/mol. The molecule has 0 heterocycles. The van der Waals surface area contributed by atoms with E-state index in [1.54, 1.807) is 5.57 Å². The third-order valence-electron chi connectivity index (χ3n) is 12.3. The van der Waals surface area contributed by atoms with Crippen LogP contribution in [0, 0.1) is 57.0 Å². The van der Waals surface area contributed by atoms with E-state index in [1.807, 2.05) is 0 Å². The Hall–Kier alpha value is 0.420. The Morgan fingerprint density at radius 1 is 0.953 bits per heavy atom.